The molecule has 2 aliphatic heterocycles. The summed E-state index contributed by atoms with van der Waals surface area (Å²) in [5.41, 5.74) is 0.850. The van der Waals surface area contributed by atoms with Crippen molar-refractivity contribution in [1.82, 2.24) is 14.7 Å². The van der Waals surface area contributed by atoms with Crippen LogP contribution >= 0.6 is 11.8 Å². The Hall–Kier alpha value is -1.11. The first kappa shape index (κ1) is 18.7. The van der Waals surface area contributed by atoms with Crippen molar-refractivity contribution in [1.29, 1.82) is 0 Å². The van der Waals surface area contributed by atoms with Crippen LogP contribution in [0.4, 0.5) is 4.39 Å². The normalized spacial score (nSPS) is 21.5. The molecule has 2 fully saturated rings. The molecule has 138 valence electrons. The lowest BCUT2D eigenvalue weighted by Gasteiger charge is -2.42. The molecule has 0 N–H and O–H groups in total. The lowest BCUT2D eigenvalue weighted by molar-refractivity contribution is -0.138. The van der Waals surface area contributed by atoms with Gasteiger partial charge in [0.05, 0.1) is 0 Å². The Morgan fingerprint density at radius 1 is 1.12 bits per heavy atom. The smallest absolute Gasteiger partial charge is 0.244 e. The van der Waals surface area contributed by atoms with E-state index in [4.69, 9.17) is 0 Å². The maximum Gasteiger partial charge on any atom is 0.244 e. The molecule has 6 heteroatoms. The SMILES string of the molecule is CN(C)[C@H](C(=O)N1CCN(C2CCSCC2)CC1)c1ccc(F)cc1. The molecule has 2 heterocycles. The zero-order valence-corrected chi connectivity index (χ0v) is 16.0. The van der Waals surface area contributed by atoms with Gasteiger partial charge in [0.25, 0.3) is 0 Å². The summed E-state index contributed by atoms with van der Waals surface area (Å²) in [6.07, 6.45) is 2.54. The maximum atomic E-state index is 13.2. The Kier molecular flexibility index (Phi) is 6.36. The molecule has 1 aromatic rings. The Bertz CT molecular complexity index is 567. The molecule has 2 aliphatic rings. The number of hydrogen-bond acceptors (Lipinski definition) is 4. The molecule has 1 aromatic carbocycles. The second kappa shape index (κ2) is 8.52. The molecule has 0 saturated carbocycles. The minimum Gasteiger partial charge on any atom is -0.338 e. The van der Waals surface area contributed by atoms with Crippen LogP contribution in [0.3, 0.4) is 0 Å². The van der Waals surface area contributed by atoms with Crippen LogP contribution in [0.2, 0.25) is 0 Å². The minimum absolute atomic E-state index is 0.121. The van der Waals surface area contributed by atoms with E-state index in [-0.39, 0.29) is 17.8 Å². The number of benzene rings is 1. The van der Waals surface area contributed by atoms with Gasteiger partial charge in [-0.3, -0.25) is 14.6 Å². The van der Waals surface area contributed by atoms with E-state index < -0.39 is 0 Å². The molecule has 0 aliphatic carbocycles. The Morgan fingerprint density at radius 3 is 2.28 bits per heavy atom. The van der Waals surface area contributed by atoms with E-state index in [1.165, 1.54) is 36.5 Å². The highest BCUT2D eigenvalue weighted by molar-refractivity contribution is 7.99. The molecule has 4 nitrogen and oxygen atoms in total. The van der Waals surface area contributed by atoms with Gasteiger partial charge in [-0.25, -0.2) is 4.39 Å². The largest absolute Gasteiger partial charge is 0.338 e. The molecule has 1 amide bonds. The topological polar surface area (TPSA) is 26.8 Å². The van der Waals surface area contributed by atoms with Gasteiger partial charge >= 0.3 is 0 Å². The van der Waals surface area contributed by atoms with Crippen molar-refractivity contribution in [3.8, 4) is 0 Å². The standard InChI is InChI=1S/C19H28FN3OS/c1-21(2)18(15-3-5-16(20)6-4-15)19(24)23-11-9-22(10-12-23)17-7-13-25-14-8-17/h3-6,17-18H,7-14H2,1-2H3/t18-/m0/s1. The summed E-state index contributed by atoms with van der Waals surface area (Å²) in [6, 6.07) is 6.64. The molecule has 3 rings (SSSR count). The zero-order valence-electron chi connectivity index (χ0n) is 15.2. The molecule has 0 radical (unpaired) electrons. The fourth-order valence-electron chi connectivity index (χ4n) is 3.84. The Labute approximate surface area is 154 Å². The predicted octanol–water partition coefficient (Wildman–Crippen LogP) is 2.47. The monoisotopic (exact) mass is 365 g/mol. The second-order valence-corrected chi connectivity index (χ2v) is 8.35. The van der Waals surface area contributed by atoms with E-state index in [9.17, 15) is 9.18 Å². The van der Waals surface area contributed by atoms with E-state index in [1.807, 2.05) is 23.9 Å². The van der Waals surface area contributed by atoms with Gasteiger partial charge in [0.1, 0.15) is 11.9 Å². The van der Waals surface area contributed by atoms with Gasteiger partial charge in [0, 0.05) is 32.2 Å². The van der Waals surface area contributed by atoms with E-state index in [1.54, 1.807) is 12.1 Å². The van der Waals surface area contributed by atoms with E-state index in [0.29, 0.717) is 6.04 Å². The number of carbonyl (C=O) groups is 1. The van der Waals surface area contributed by atoms with Crippen LogP contribution in [0.15, 0.2) is 24.3 Å². The average Bonchev–Trinajstić information content (AvgIpc) is 2.64. The van der Waals surface area contributed by atoms with Crippen LogP contribution in [-0.2, 0) is 4.79 Å². The van der Waals surface area contributed by atoms with Gasteiger partial charge in [0.15, 0.2) is 0 Å². The molecule has 0 aromatic heterocycles. The van der Waals surface area contributed by atoms with E-state index in [0.717, 1.165) is 31.7 Å². The first-order valence-corrected chi connectivity index (χ1v) is 10.2. The van der Waals surface area contributed by atoms with Crippen LogP contribution in [0.25, 0.3) is 0 Å². The van der Waals surface area contributed by atoms with E-state index in [2.05, 4.69) is 16.7 Å². The van der Waals surface area contributed by atoms with Crippen molar-refractivity contribution >= 4 is 17.7 Å². The third-order valence-electron chi connectivity index (χ3n) is 5.27. The number of carbonyl (C=O) groups excluding carboxylic acids is 1. The molecule has 0 unspecified atom stereocenters. The molecule has 0 spiro atoms. The van der Waals surface area contributed by atoms with Crippen molar-refractivity contribution in [2.75, 3.05) is 51.8 Å². The number of thioether (sulfide) groups is 1. The number of piperazine rings is 1. The fourth-order valence-corrected chi connectivity index (χ4v) is 4.92. The highest BCUT2D eigenvalue weighted by Gasteiger charge is 2.32. The van der Waals surface area contributed by atoms with Gasteiger partial charge in [-0.15, -0.1) is 0 Å². The number of halogens is 1. The summed E-state index contributed by atoms with van der Waals surface area (Å²) in [5, 5.41) is 0. The van der Waals surface area contributed by atoms with Gasteiger partial charge in [-0.05, 0) is 56.1 Å². The summed E-state index contributed by atoms with van der Waals surface area (Å²) in [5.74, 6) is 2.37. The second-order valence-electron chi connectivity index (χ2n) is 7.12. The Balaban J connectivity index is 1.62. The van der Waals surface area contributed by atoms with Gasteiger partial charge in [-0.1, -0.05) is 12.1 Å². The van der Waals surface area contributed by atoms with Crippen LogP contribution in [0.1, 0.15) is 24.4 Å². The zero-order chi connectivity index (χ0) is 17.8. The van der Waals surface area contributed by atoms with Gasteiger partial charge in [-0.2, -0.15) is 11.8 Å². The van der Waals surface area contributed by atoms with Gasteiger partial charge < -0.3 is 4.90 Å². The average molecular weight is 366 g/mol. The van der Waals surface area contributed by atoms with Crippen molar-refractivity contribution in [3.63, 3.8) is 0 Å². The first-order valence-electron chi connectivity index (χ1n) is 9.09. The molecular weight excluding hydrogens is 337 g/mol. The molecule has 25 heavy (non-hydrogen) atoms. The molecule has 1 atom stereocenters. The Morgan fingerprint density at radius 2 is 1.72 bits per heavy atom. The predicted molar refractivity (Wildman–Crippen MR) is 101 cm³/mol. The number of likely N-dealkylation sites (N-methyl/N-ethyl adjacent to an activating group) is 1. The van der Waals surface area contributed by atoms with Crippen LogP contribution in [-0.4, -0.2) is 78.4 Å². The highest BCUT2D eigenvalue weighted by atomic mass is 32.2. The maximum absolute atomic E-state index is 13.2. The third-order valence-corrected chi connectivity index (χ3v) is 6.32. The number of amides is 1. The lowest BCUT2D eigenvalue weighted by Crippen LogP contribution is -2.54. The van der Waals surface area contributed by atoms with Crippen LogP contribution in [0.5, 0.6) is 0 Å². The quantitative estimate of drug-likeness (QED) is 0.819. The number of nitrogens with zero attached hydrogens (tertiary/aromatic N) is 3. The van der Waals surface area contributed by atoms with Crippen molar-refractivity contribution in [3.05, 3.63) is 35.6 Å². The van der Waals surface area contributed by atoms with Gasteiger partial charge in [0.2, 0.25) is 5.91 Å². The van der Waals surface area contributed by atoms with Crippen molar-refractivity contribution in [2.45, 2.75) is 24.9 Å². The summed E-state index contributed by atoms with van der Waals surface area (Å²) in [6.45, 7) is 3.50. The molecular formula is C19H28FN3OS. The number of rotatable bonds is 4. The van der Waals surface area contributed by atoms with Crippen LogP contribution < -0.4 is 0 Å². The first-order chi connectivity index (χ1) is 12.1. The summed E-state index contributed by atoms with van der Waals surface area (Å²) < 4.78 is 13.2. The summed E-state index contributed by atoms with van der Waals surface area (Å²) in [4.78, 5) is 19.5. The van der Waals surface area contributed by atoms with Crippen molar-refractivity contribution < 1.29 is 9.18 Å². The highest BCUT2D eigenvalue weighted by Crippen LogP contribution is 2.25. The molecule has 0 bridgehead atoms. The third kappa shape index (κ3) is 4.54. The summed E-state index contributed by atoms with van der Waals surface area (Å²) in [7, 11) is 3.81. The van der Waals surface area contributed by atoms with Crippen molar-refractivity contribution in [2.24, 2.45) is 0 Å². The summed E-state index contributed by atoms with van der Waals surface area (Å²) >= 11 is 2.05. The van der Waals surface area contributed by atoms with E-state index >= 15 is 0 Å². The minimum atomic E-state index is -0.349. The molecule has 2 saturated heterocycles. The fraction of sp³-hybridized carbons (Fsp3) is 0.632. The van der Waals surface area contributed by atoms with Crippen LogP contribution in [0, 0.1) is 5.82 Å². The number of hydrogen-bond donors (Lipinski definition) is 0. The lowest BCUT2D eigenvalue weighted by atomic mass is 10.0.